The molecule has 1 atom stereocenters. The summed E-state index contributed by atoms with van der Waals surface area (Å²) in [4.78, 5) is 28.9. The van der Waals surface area contributed by atoms with Crippen LogP contribution in [0.5, 0.6) is 11.5 Å². The lowest BCUT2D eigenvalue weighted by Crippen LogP contribution is -2.34. The number of nitrogen functional groups attached to an aromatic ring is 1. The maximum absolute atomic E-state index is 11.6. The number of hydrogen-bond acceptors (Lipinski definition) is 8. The summed E-state index contributed by atoms with van der Waals surface area (Å²) in [6.45, 7) is 3.32. The molecule has 1 heterocycles. The van der Waals surface area contributed by atoms with E-state index in [4.69, 9.17) is 5.73 Å². The van der Waals surface area contributed by atoms with Gasteiger partial charge in [0, 0.05) is 28.5 Å². The fourth-order valence-corrected chi connectivity index (χ4v) is 6.56. The predicted molar refractivity (Wildman–Crippen MR) is 169 cm³/mol. The Balaban J connectivity index is 0.000000220. The number of aryl methyl sites for hydroxylation is 1. The van der Waals surface area contributed by atoms with Gasteiger partial charge >= 0.3 is 11.9 Å². The Morgan fingerprint density at radius 2 is 1.47 bits per heavy atom. The van der Waals surface area contributed by atoms with Crippen molar-refractivity contribution in [3.63, 3.8) is 0 Å². The Hall–Kier alpha value is -4.67. The SMILES string of the molecule is CCCN[C@H]1CCc2nc(N)sc2C1.O=C(O)c1cc2ccccc2c(Cc2c(O)c(C(=O)O)cc3ccccc23)c1O. The zero-order valence-electron chi connectivity index (χ0n) is 23.6. The molecule has 0 spiro atoms. The van der Waals surface area contributed by atoms with E-state index in [-0.39, 0.29) is 17.5 Å². The summed E-state index contributed by atoms with van der Waals surface area (Å²) < 4.78 is 0. The Kier molecular flexibility index (Phi) is 8.79. The number of anilines is 1. The van der Waals surface area contributed by atoms with Crippen molar-refractivity contribution in [2.75, 3.05) is 12.3 Å². The lowest BCUT2D eigenvalue weighted by atomic mass is 9.90. The fraction of sp³-hybridized carbons (Fsp3) is 0.242. The molecule has 0 radical (unpaired) electrons. The molecule has 1 aliphatic rings. The number of aromatic nitrogens is 1. The number of aromatic hydroxyl groups is 2. The zero-order valence-corrected chi connectivity index (χ0v) is 24.4. The first-order chi connectivity index (χ1) is 20.7. The molecular formula is C33H33N3O6S. The van der Waals surface area contributed by atoms with Crippen LogP contribution in [0.4, 0.5) is 5.13 Å². The van der Waals surface area contributed by atoms with Crippen LogP contribution in [-0.4, -0.2) is 49.9 Å². The van der Waals surface area contributed by atoms with E-state index in [1.165, 1.54) is 35.5 Å². The van der Waals surface area contributed by atoms with Crippen LogP contribution in [0.15, 0.2) is 60.7 Å². The smallest absolute Gasteiger partial charge is 0.339 e. The number of thiazole rings is 1. The highest BCUT2D eigenvalue weighted by atomic mass is 32.1. The van der Waals surface area contributed by atoms with E-state index in [0.717, 1.165) is 24.5 Å². The molecule has 1 aromatic heterocycles. The molecule has 9 nitrogen and oxygen atoms in total. The van der Waals surface area contributed by atoms with Gasteiger partial charge in [0.25, 0.3) is 0 Å². The van der Waals surface area contributed by atoms with Crippen molar-refractivity contribution in [2.45, 2.75) is 45.1 Å². The summed E-state index contributed by atoms with van der Waals surface area (Å²) in [5.74, 6) is -3.36. The van der Waals surface area contributed by atoms with Crippen molar-refractivity contribution >= 4 is 50.0 Å². The Labute approximate surface area is 252 Å². The molecule has 222 valence electrons. The Bertz CT molecular complexity index is 1730. The minimum absolute atomic E-state index is 0.0407. The maximum atomic E-state index is 11.6. The molecule has 7 N–H and O–H groups in total. The Morgan fingerprint density at radius 1 is 0.930 bits per heavy atom. The minimum atomic E-state index is -1.28. The molecule has 6 rings (SSSR count). The lowest BCUT2D eigenvalue weighted by molar-refractivity contribution is 0.0682. The van der Waals surface area contributed by atoms with Crippen LogP contribution in [0, 0.1) is 0 Å². The molecule has 43 heavy (non-hydrogen) atoms. The van der Waals surface area contributed by atoms with Crippen LogP contribution < -0.4 is 11.1 Å². The summed E-state index contributed by atoms with van der Waals surface area (Å²) in [5.41, 5.74) is 7.04. The minimum Gasteiger partial charge on any atom is -0.507 e. The van der Waals surface area contributed by atoms with Gasteiger partial charge in [0.05, 0.1) is 5.69 Å². The highest BCUT2D eigenvalue weighted by molar-refractivity contribution is 7.15. The second-order valence-electron chi connectivity index (χ2n) is 10.5. The number of aromatic carboxylic acids is 2. The quantitative estimate of drug-likeness (QED) is 0.132. The summed E-state index contributed by atoms with van der Waals surface area (Å²) >= 11 is 1.65. The van der Waals surface area contributed by atoms with Gasteiger partial charge < -0.3 is 31.5 Å². The van der Waals surface area contributed by atoms with Gasteiger partial charge in [0.1, 0.15) is 22.6 Å². The molecule has 0 aliphatic heterocycles. The van der Waals surface area contributed by atoms with Gasteiger partial charge in [-0.3, -0.25) is 0 Å². The topological polar surface area (TPSA) is 166 Å². The summed E-state index contributed by atoms with van der Waals surface area (Å²) in [7, 11) is 0. The van der Waals surface area contributed by atoms with Crippen LogP contribution in [0.1, 0.15) is 62.2 Å². The summed E-state index contributed by atoms with van der Waals surface area (Å²) in [6.07, 6.45) is 4.57. The van der Waals surface area contributed by atoms with E-state index in [1.54, 1.807) is 59.9 Å². The van der Waals surface area contributed by atoms with Gasteiger partial charge in [-0.15, -0.1) is 11.3 Å². The first-order valence-corrected chi connectivity index (χ1v) is 14.9. The van der Waals surface area contributed by atoms with Crippen molar-refractivity contribution in [2.24, 2.45) is 0 Å². The third kappa shape index (κ3) is 6.25. The number of hydrogen-bond donors (Lipinski definition) is 6. The molecule has 0 amide bonds. The van der Waals surface area contributed by atoms with Crippen LogP contribution in [-0.2, 0) is 19.3 Å². The van der Waals surface area contributed by atoms with Crippen molar-refractivity contribution in [1.82, 2.24) is 10.3 Å². The van der Waals surface area contributed by atoms with E-state index in [2.05, 4.69) is 17.2 Å². The van der Waals surface area contributed by atoms with E-state index in [0.29, 0.717) is 38.7 Å². The maximum Gasteiger partial charge on any atom is 0.339 e. The standard InChI is InChI=1S/C23H16O6.C10H17N3S/c24-20-16(14-7-3-1-5-12(14)9-18(20)22(26)27)11-17-15-8-4-2-6-13(15)10-19(21(17)25)23(28)29;1-2-5-12-7-3-4-8-9(6-7)14-10(11)13-8/h1-10,24-25H,11H2,(H,26,27)(H,28,29);7,12H,2-6H2,1H3,(H2,11,13)/t;7-/m.0/s1. The number of fused-ring (bicyclic) bond motifs is 3. The largest absolute Gasteiger partial charge is 0.507 e. The molecule has 0 fully saturated rings. The van der Waals surface area contributed by atoms with Crippen molar-refractivity contribution in [3.05, 3.63) is 93.5 Å². The van der Waals surface area contributed by atoms with Crippen LogP contribution >= 0.6 is 11.3 Å². The first kappa shape index (κ1) is 29.8. The van der Waals surface area contributed by atoms with Gasteiger partial charge in [0.2, 0.25) is 0 Å². The van der Waals surface area contributed by atoms with Crippen LogP contribution in [0.25, 0.3) is 21.5 Å². The third-order valence-corrected chi connectivity index (χ3v) is 8.66. The average Bonchev–Trinajstić information content (AvgIpc) is 3.37. The van der Waals surface area contributed by atoms with E-state index >= 15 is 0 Å². The van der Waals surface area contributed by atoms with Crippen LogP contribution in [0.3, 0.4) is 0 Å². The molecule has 0 saturated carbocycles. The fourth-order valence-electron chi connectivity index (χ4n) is 5.60. The number of benzene rings is 4. The number of nitrogens with one attached hydrogen (secondary N) is 1. The van der Waals surface area contributed by atoms with Gasteiger partial charge in [-0.1, -0.05) is 55.5 Å². The number of phenols is 2. The molecule has 5 aromatic rings. The van der Waals surface area contributed by atoms with E-state index < -0.39 is 23.4 Å². The lowest BCUT2D eigenvalue weighted by Gasteiger charge is -2.21. The monoisotopic (exact) mass is 599 g/mol. The number of carboxylic acid groups (broad SMARTS) is 2. The molecule has 1 aliphatic carbocycles. The second-order valence-corrected chi connectivity index (χ2v) is 11.7. The van der Waals surface area contributed by atoms with Gasteiger partial charge in [-0.2, -0.15) is 0 Å². The number of carboxylic acids is 2. The van der Waals surface area contributed by atoms with Gasteiger partial charge in [0.15, 0.2) is 5.13 Å². The predicted octanol–water partition coefficient (Wildman–Crippen LogP) is 5.97. The zero-order chi connectivity index (χ0) is 30.7. The van der Waals surface area contributed by atoms with Gasteiger partial charge in [-0.05, 0) is 65.9 Å². The summed E-state index contributed by atoms with van der Waals surface area (Å²) in [6, 6.07) is 17.4. The highest BCUT2D eigenvalue weighted by Crippen LogP contribution is 2.38. The van der Waals surface area contributed by atoms with Crippen molar-refractivity contribution < 1.29 is 30.0 Å². The molecule has 4 aromatic carbocycles. The van der Waals surface area contributed by atoms with Crippen LogP contribution in [0.2, 0.25) is 0 Å². The van der Waals surface area contributed by atoms with Crippen molar-refractivity contribution in [1.29, 1.82) is 0 Å². The number of rotatable bonds is 7. The summed E-state index contributed by atoms with van der Waals surface area (Å²) in [5, 5.41) is 47.1. The Morgan fingerprint density at radius 3 is 1.98 bits per heavy atom. The molecule has 10 heteroatoms. The van der Waals surface area contributed by atoms with Gasteiger partial charge in [-0.25, -0.2) is 14.6 Å². The number of nitrogens with zero attached hydrogens (tertiary/aromatic N) is 1. The second kappa shape index (κ2) is 12.7. The number of nitrogens with two attached hydrogens (primary N) is 1. The first-order valence-electron chi connectivity index (χ1n) is 14.1. The van der Waals surface area contributed by atoms with E-state index in [1.807, 2.05) is 0 Å². The normalized spacial score (nSPS) is 14.2. The molecule has 0 bridgehead atoms. The average molecular weight is 600 g/mol. The van der Waals surface area contributed by atoms with Crippen molar-refractivity contribution in [3.8, 4) is 11.5 Å². The number of carbonyl (C=O) groups is 2. The van der Waals surface area contributed by atoms with E-state index in [9.17, 15) is 30.0 Å². The third-order valence-electron chi connectivity index (χ3n) is 7.71. The molecular weight excluding hydrogens is 566 g/mol. The molecule has 0 saturated heterocycles. The molecule has 0 unspecified atom stereocenters. The highest BCUT2D eigenvalue weighted by Gasteiger charge is 2.23.